The van der Waals surface area contributed by atoms with E-state index in [2.05, 4.69) is 9.62 Å². The molecule has 5 nitrogen and oxygen atoms in total. The summed E-state index contributed by atoms with van der Waals surface area (Å²) < 4.78 is 40.7. The summed E-state index contributed by atoms with van der Waals surface area (Å²) >= 11 is 0. The minimum atomic E-state index is -3.95. The number of aliphatic hydroxyl groups excluding tert-OH is 1. The fraction of sp³-hybridized carbons (Fsp3) is 0.571. The molecule has 0 aliphatic rings. The zero-order valence-electron chi connectivity index (χ0n) is 12.6. The van der Waals surface area contributed by atoms with E-state index in [0.717, 1.165) is 25.2 Å². The van der Waals surface area contributed by atoms with Crippen molar-refractivity contribution in [2.75, 3.05) is 19.6 Å². The Balaban J connectivity index is 2.91. The molecule has 0 bridgehead atoms. The third kappa shape index (κ3) is 5.03. The van der Waals surface area contributed by atoms with Crippen molar-refractivity contribution in [1.82, 2.24) is 9.62 Å². The lowest BCUT2D eigenvalue weighted by molar-refractivity contribution is 0.281. The van der Waals surface area contributed by atoms with Crippen LogP contribution >= 0.6 is 0 Å². The lowest BCUT2D eigenvalue weighted by Crippen LogP contribution is -2.42. The van der Waals surface area contributed by atoms with Gasteiger partial charge in [0.05, 0.1) is 6.61 Å². The third-order valence-electron chi connectivity index (χ3n) is 3.25. The molecule has 0 radical (unpaired) electrons. The van der Waals surface area contributed by atoms with Crippen LogP contribution in [-0.4, -0.2) is 44.1 Å². The van der Waals surface area contributed by atoms with E-state index >= 15 is 0 Å². The number of nitrogens with one attached hydrogen (secondary N) is 1. The van der Waals surface area contributed by atoms with Crippen LogP contribution in [0.25, 0.3) is 0 Å². The Morgan fingerprint density at radius 2 is 1.95 bits per heavy atom. The Labute approximate surface area is 125 Å². The first-order valence-electron chi connectivity index (χ1n) is 6.98. The molecule has 0 saturated carbocycles. The highest BCUT2D eigenvalue weighted by Crippen LogP contribution is 2.17. The average Bonchev–Trinajstić information content (AvgIpc) is 2.44. The lowest BCUT2D eigenvalue weighted by atomic mass is 10.2. The summed E-state index contributed by atoms with van der Waals surface area (Å²) in [7, 11) is -3.95. The molecule has 1 aromatic carbocycles. The van der Waals surface area contributed by atoms with Crippen molar-refractivity contribution < 1.29 is 17.9 Å². The number of rotatable bonds is 8. The normalized spacial score (nSPS) is 13.6. The van der Waals surface area contributed by atoms with Gasteiger partial charge in [-0.1, -0.05) is 19.9 Å². The van der Waals surface area contributed by atoms with Crippen LogP contribution in [0.1, 0.15) is 26.3 Å². The molecular weight excluding hydrogens is 295 g/mol. The van der Waals surface area contributed by atoms with Crippen LogP contribution < -0.4 is 4.72 Å². The van der Waals surface area contributed by atoms with Crippen LogP contribution in [0, 0.1) is 5.82 Å². The summed E-state index contributed by atoms with van der Waals surface area (Å²) in [5, 5.41) is 9.04. The predicted molar refractivity (Wildman–Crippen MR) is 79.9 cm³/mol. The SMILES string of the molecule is CCN(CC)CC(C)NS(=O)(=O)c1cc(CO)ccc1F. The fourth-order valence-electron chi connectivity index (χ4n) is 2.09. The van der Waals surface area contributed by atoms with Gasteiger partial charge in [-0.05, 0) is 37.7 Å². The van der Waals surface area contributed by atoms with Gasteiger partial charge in [-0.2, -0.15) is 0 Å². The molecular formula is C14H23FN2O3S. The maximum Gasteiger partial charge on any atom is 0.243 e. The third-order valence-corrected chi connectivity index (χ3v) is 4.86. The summed E-state index contributed by atoms with van der Waals surface area (Å²) in [6.45, 7) is 7.58. The number of aliphatic hydroxyl groups is 1. The first kappa shape index (κ1) is 18.0. The molecule has 1 rings (SSSR count). The van der Waals surface area contributed by atoms with E-state index in [1.165, 1.54) is 6.07 Å². The van der Waals surface area contributed by atoms with Gasteiger partial charge >= 0.3 is 0 Å². The zero-order valence-corrected chi connectivity index (χ0v) is 13.5. The molecule has 1 atom stereocenters. The van der Waals surface area contributed by atoms with Gasteiger partial charge < -0.3 is 10.0 Å². The highest BCUT2D eigenvalue weighted by molar-refractivity contribution is 7.89. The van der Waals surface area contributed by atoms with Crippen molar-refractivity contribution in [2.24, 2.45) is 0 Å². The van der Waals surface area contributed by atoms with E-state index in [0.29, 0.717) is 12.1 Å². The molecule has 0 aliphatic carbocycles. The van der Waals surface area contributed by atoms with Gasteiger partial charge in [-0.15, -0.1) is 0 Å². The first-order chi connectivity index (χ1) is 9.83. The standard InChI is InChI=1S/C14H23FN2O3S/c1-4-17(5-2)9-11(3)16-21(19,20)14-8-12(10-18)6-7-13(14)15/h6-8,11,16,18H,4-5,9-10H2,1-3H3. The summed E-state index contributed by atoms with van der Waals surface area (Å²) in [5.41, 5.74) is 0.355. The van der Waals surface area contributed by atoms with E-state index in [1.807, 2.05) is 13.8 Å². The summed E-state index contributed by atoms with van der Waals surface area (Å²) in [6, 6.07) is 3.22. The molecule has 0 amide bonds. The second-order valence-corrected chi connectivity index (χ2v) is 6.61. The molecule has 1 aromatic rings. The number of hydrogen-bond donors (Lipinski definition) is 2. The number of likely N-dealkylation sites (N-methyl/N-ethyl adjacent to an activating group) is 1. The van der Waals surface area contributed by atoms with Crippen molar-refractivity contribution >= 4 is 10.0 Å². The Hall–Kier alpha value is -1.02. The number of sulfonamides is 1. The van der Waals surface area contributed by atoms with E-state index in [1.54, 1.807) is 6.92 Å². The topological polar surface area (TPSA) is 69.6 Å². The van der Waals surface area contributed by atoms with E-state index < -0.39 is 20.7 Å². The number of hydrogen-bond acceptors (Lipinski definition) is 4. The van der Waals surface area contributed by atoms with E-state index in [9.17, 15) is 12.8 Å². The minimum Gasteiger partial charge on any atom is -0.392 e. The molecule has 0 spiro atoms. The molecule has 0 aromatic heterocycles. The lowest BCUT2D eigenvalue weighted by Gasteiger charge is -2.23. The average molecular weight is 318 g/mol. The molecule has 0 heterocycles. The van der Waals surface area contributed by atoms with Crippen molar-refractivity contribution in [2.45, 2.75) is 38.3 Å². The van der Waals surface area contributed by atoms with Gasteiger partial charge in [-0.3, -0.25) is 0 Å². The summed E-state index contributed by atoms with van der Waals surface area (Å²) in [5.74, 6) is -0.824. The second-order valence-electron chi connectivity index (χ2n) is 4.93. The van der Waals surface area contributed by atoms with Gasteiger partial charge in [-0.25, -0.2) is 17.5 Å². The van der Waals surface area contributed by atoms with Crippen LogP contribution in [0.5, 0.6) is 0 Å². The monoisotopic (exact) mass is 318 g/mol. The van der Waals surface area contributed by atoms with E-state index in [4.69, 9.17) is 5.11 Å². The molecule has 0 fully saturated rings. The molecule has 7 heteroatoms. The van der Waals surface area contributed by atoms with Crippen molar-refractivity contribution in [3.05, 3.63) is 29.6 Å². The summed E-state index contributed by atoms with van der Waals surface area (Å²) in [6.07, 6.45) is 0. The van der Waals surface area contributed by atoms with Crippen molar-refractivity contribution in [3.8, 4) is 0 Å². The molecule has 21 heavy (non-hydrogen) atoms. The molecule has 2 N–H and O–H groups in total. The fourth-order valence-corrected chi connectivity index (χ4v) is 3.45. The zero-order chi connectivity index (χ0) is 16.0. The van der Waals surface area contributed by atoms with Crippen LogP contribution in [0.2, 0.25) is 0 Å². The van der Waals surface area contributed by atoms with Crippen molar-refractivity contribution in [3.63, 3.8) is 0 Å². The molecule has 1 unspecified atom stereocenters. The first-order valence-corrected chi connectivity index (χ1v) is 8.46. The van der Waals surface area contributed by atoms with Gasteiger partial charge in [0.15, 0.2) is 0 Å². The number of halogens is 1. The highest BCUT2D eigenvalue weighted by Gasteiger charge is 2.22. The summed E-state index contributed by atoms with van der Waals surface area (Å²) in [4.78, 5) is 1.65. The minimum absolute atomic E-state index is 0.336. The van der Waals surface area contributed by atoms with Gasteiger partial charge in [0.25, 0.3) is 0 Å². The predicted octanol–water partition coefficient (Wildman–Crippen LogP) is 1.33. The Kier molecular flexibility index (Phi) is 6.73. The smallest absolute Gasteiger partial charge is 0.243 e. The molecule has 0 saturated heterocycles. The van der Waals surface area contributed by atoms with Crippen LogP contribution in [0.3, 0.4) is 0 Å². The Morgan fingerprint density at radius 1 is 1.33 bits per heavy atom. The largest absolute Gasteiger partial charge is 0.392 e. The quantitative estimate of drug-likeness (QED) is 0.759. The van der Waals surface area contributed by atoms with Crippen LogP contribution in [0.15, 0.2) is 23.1 Å². The second kappa shape index (κ2) is 7.84. The number of nitrogens with zero attached hydrogens (tertiary/aromatic N) is 1. The Bertz CT molecular complexity index is 559. The maximum atomic E-state index is 13.7. The molecule has 120 valence electrons. The van der Waals surface area contributed by atoms with Crippen LogP contribution in [-0.2, 0) is 16.6 Å². The number of benzene rings is 1. The van der Waals surface area contributed by atoms with Gasteiger partial charge in [0.2, 0.25) is 10.0 Å². The van der Waals surface area contributed by atoms with Gasteiger partial charge in [0, 0.05) is 12.6 Å². The highest BCUT2D eigenvalue weighted by atomic mass is 32.2. The van der Waals surface area contributed by atoms with Gasteiger partial charge in [0.1, 0.15) is 10.7 Å². The Morgan fingerprint density at radius 3 is 2.48 bits per heavy atom. The maximum absolute atomic E-state index is 13.7. The van der Waals surface area contributed by atoms with E-state index in [-0.39, 0.29) is 12.6 Å². The molecule has 0 aliphatic heterocycles. The van der Waals surface area contributed by atoms with Crippen molar-refractivity contribution in [1.29, 1.82) is 0 Å². The van der Waals surface area contributed by atoms with Crippen LogP contribution in [0.4, 0.5) is 4.39 Å².